The molecule has 7 nitrogen and oxygen atoms in total. The molecule has 0 aliphatic carbocycles. The monoisotopic (exact) mass is 294 g/mol. The first-order chi connectivity index (χ1) is 10.1. The van der Waals surface area contributed by atoms with Gasteiger partial charge in [0.2, 0.25) is 0 Å². The number of rotatable bonds is 2. The maximum atomic E-state index is 12.7. The molecular formula is C14H18N2O5. The van der Waals surface area contributed by atoms with Crippen LogP contribution in [0.5, 0.6) is 0 Å². The predicted octanol–water partition coefficient (Wildman–Crippen LogP) is 0.577. The van der Waals surface area contributed by atoms with Crippen LogP contribution >= 0.6 is 0 Å². The lowest BCUT2D eigenvalue weighted by Crippen LogP contribution is -2.47. The van der Waals surface area contributed by atoms with Gasteiger partial charge in [0.1, 0.15) is 5.69 Å². The topological polar surface area (TPSA) is 81.0 Å². The maximum absolute atomic E-state index is 12.7. The van der Waals surface area contributed by atoms with E-state index in [1.165, 1.54) is 6.07 Å². The largest absolute Gasteiger partial charge is 0.477 e. The van der Waals surface area contributed by atoms with Crippen molar-refractivity contribution < 1.29 is 24.2 Å². The van der Waals surface area contributed by atoms with Crippen LogP contribution in [0.2, 0.25) is 0 Å². The van der Waals surface area contributed by atoms with Gasteiger partial charge in [0.25, 0.3) is 5.91 Å². The van der Waals surface area contributed by atoms with Gasteiger partial charge in [0.05, 0.1) is 43.7 Å². The van der Waals surface area contributed by atoms with E-state index in [4.69, 9.17) is 9.47 Å². The number of aromatic nitrogens is 1. The van der Waals surface area contributed by atoms with E-state index in [9.17, 15) is 14.7 Å². The lowest BCUT2D eigenvalue weighted by atomic mass is 10.1. The molecule has 3 rings (SSSR count). The molecule has 0 unspecified atom stereocenters. The molecule has 21 heavy (non-hydrogen) atoms. The molecule has 0 spiro atoms. The molecular weight excluding hydrogens is 276 g/mol. The molecule has 0 saturated carbocycles. The summed E-state index contributed by atoms with van der Waals surface area (Å²) in [5.74, 6) is -1.17. The predicted molar refractivity (Wildman–Crippen MR) is 72.4 cm³/mol. The Hall–Kier alpha value is -1.86. The van der Waals surface area contributed by atoms with Gasteiger partial charge >= 0.3 is 5.97 Å². The zero-order chi connectivity index (χ0) is 15.0. The van der Waals surface area contributed by atoms with E-state index in [1.54, 1.807) is 9.47 Å². The standard InChI is InChI=1S/C14H18N2O5/c1-9-7-20-4-2-15(9)13(17)10-6-11(14(18)19)16-3-5-21-8-12(10)16/h6,9H,2-5,7-8H2,1H3,(H,18,19)/t9-/m0/s1. The highest BCUT2D eigenvalue weighted by atomic mass is 16.5. The average molecular weight is 294 g/mol. The third-order valence-corrected chi connectivity index (χ3v) is 3.98. The highest BCUT2D eigenvalue weighted by Crippen LogP contribution is 2.23. The fraction of sp³-hybridized carbons (Fsp3) is 0.571. The van der Waals surface area contributed by atoms with Gasteiger partial charge in [-0.2, -0.15) is 0 Å². The average Bonchev–Trinajstić information content (AvgIpc) is 2.87. The lowest BCUT2D eigenvalue weighted by Gasteiger charge is -2.33. The van der Waals surface area contributed by atoms with Gasteiger partial charge in [0, 0.05) is 13.1 Å². The Kier molecular flexibility index (Phi) is 3.69. The normalized spacial score (nSPS) is 22.0. The Bertz CT molecular complexity index is 580. The molecule has 2 aliphatic heterocycles. The van der Waals surface area contributed by atoms with Crippen molar-refractivity contribution in [2.75, 3.05) is 26.4 Å². The SMILES string of the molecule is C[C@H]1COCCN1C(=O)c1cc(C(=O)O)n2c1COCC2. The van der Waals surface area contributed by atoms with Crippen molar-refractivity contribution in [2.24, 2.45) is 0 Å². The second kappa shape index (κ2) is 5.50. The van der Waals surface area contributed by atoms with Crippen LogP contribution in [0.1, 0.15) is 33.5 Å². The van der Waals surface area contributed by atoms with Crippen LogP contribution in [-0.4, -0.2) is 58.9 Å². The van der Waals surface area contributed by atoms with Gasteiger partial charge in [-0.25, -0.2) is 4.79 Å². The summed E-state index contributed by atoms with van der Waals surface area (Å²) in [4.78, 5) is 25.8. The summed E-state index contributed by atoms with van der Waals surface area (Å²) in [7, 11) is 0. The van der Waals surface area contributed by atoms with Crippen molar-refractivity contribution >= 4 is 11.9 Å². The van der Waals surface area contributed by atoms with Crippen molar-refractivity contribution in [3.8, 4) is 0 Å². The Morgan fingerprint density at radius 1 is 1.29 bits per heavy atom. The van der Waals surface area contributed by atoms with Crippen LogP contribution in [0.15, 0.2) is 6.07 Å². The molecule has 1 N–H and O–H groups in total. The van der Waals surface area contributed by atoms with E-state index in [-0.39, 0.29) is 24.2 Å². The van der Waals surface area contributed by atoms with Crippen molar-refractivity contribution in [3.63, 3.8) is 0 Å². The first-order valence-corrected chi connectivity index (χ1v) is 7.01. The zero-order valence-electron chi connectivity index (χ0n) is 11.9. The number of carbonyl (C=O) groups is 2. The summed E-state index contributed by atoms with van der Waals surface area (Å²) >= 11 is 0. The summed E-state index contributed by atoms with van der Waals surface area (Å²) < 4.78 is 12.4. The number of nitrogens with zero attached hydrogens (tertiary/aromatic N) is 2. The van der Waals surface area contributed by atoms with Crippen LogP contribution in [-0.2, 0) is 22.6 Å². The number of ether oxygens (including phenoxy) is 2. The number of carbonyl (C=O) groups excluding carboxylic acids is 1. The van der Waals surface area contributed by atoms with Gasteiger partial charge in [-0.15, -0.1) is 0 Å². The van der Waals surface area contributed by atoms with Crippen LogP contribution in [0, 0.1) is 0 Å². The molecule has 0 bridgehead atoms. The molecule has 0 aromatic carbocycles. The van der Waals surface area contributed by atoms with E-state index in [1.807, 2.05) is 6.92 Å². The molecule has 7 heteroatoms. The first-order valence-electron chi connectivity index (χ1n) is 7.01. The molecule has 1 saturated heterocycles. The number of carboxylic acid groups (broad SMARTS) is 1. The minimum absolute atomic E-state index is 0.0143. The third-order valence-electron chi connectivity index (χ3n) is 3.98. The van der Waals surface area contributed by atoms with Crippen molar-refractivity contribution in [3.05, 3.63) is 23.0 Å². The number of hydrogen-bond donors (Lipinski definition) is 1. The number of aromatic carboxylic acids is 1. The Morgan fingerprint density at radius 3 is 2.76 bits per heavy atom. The maximum Gasteiger partial charge on any atom is 0.352 e. The number of hydrogen-bond acceptors (Lipinski definition) is 4. The first kappa shape index (κ1) is 14.1. The summed E-state index contributed by atoms with van der Waals surface area (Å²) in [5.41, 5.74) is 1.24. The summed E-state index contributed by atoms with van der Waals surface area (Å²) in [5, 5.41) is 9.29. The Balaban J connectivity index is 1.98. The van der Waals surface area contributed by atoms with Gasteiger partial charge in [-0.3, -0.25) is 4.79 Å². The minimum atomic E-state index is -1.02. The van der Waals surface area contributed by atoms with E-state index in [2.05, 4.69) is 0 Å². The molecule has 1 amide bonds. The quantitative estimate of drug-likeness (QED) is 0.863. The molecule has 1 aromatic heterocycles. The molecule has 2 aliphatic rings. The van der Waals surface area contributed by atoms with Crippen molar-refractivity contribution in [1.29, 1.82) is 0 Å². The summed E-state index contributed by atoms with van der Waals surface area (Å²) in [6.07, 6.45) is 0. The smallest absolute Gasteiger partial charge is 0.352 e. The van der Waals surface area contributed by atoms with E-state index >= 15 is 0 Å². The molecule has 1 aromatic rings. The van der Waals surface area contributed by atoms with Gasteiger partial charge in [-0.05, 0) is 13.0 Å². The molecule has 0 radical (unpaired) electrons. The van der Waals surface area contributed by atoms with E-state index in [0.29, 0.717) is 44.2 Å². The second-order valence-corrected chi connectivity index (χ2v) is 5.32. The van der Waals surface area contributed by atoms with Crippen molar-refractivity contribution in [2.45, 2.75) is 26.1 Å². The second-order valence-electron chi connectivity index (χ2n) is 5.32. The third kappa shape index (κ3) is 2.43. The van der Waals surface area contributed by atoms with Crippen LogP contribution in [0.4, 0.5) is 0 Å². The number of amides is 1. The summed E-state index contributed by atoms with van der Waals surface area (Å²) in [6.45, 7) is 4.65. The fourth-order valence-corrected chi connectivity index (χ4v) is 2.87. The van der Waals surface area contributed by atoms with Crippen LogP contribution in [0.25, 0.3) is 0 Å². The molecule has 1 fully saturated rings. The van der Waals surface area contributed by atoms with Gasteiger partial charge in [0.15, 0.2) is 0 Å². The van der Waals surface area contributed by atoms with Crippen LogP contribution in [0.3, 0.4) is 0 Å². The number of morpholine rings is 1. The minimum Gasteiger partial charge on any atom is -0.477 e. The van der Waals surface area contributed by atoms with Crippen LogP contribution < -0.4 is 0 Å². The fourth-order valence-electron chi connectivity index (χ4n) is 2.87. The molecule has 1 atom stereocenters. The van der Waals surface area contributed by atoms with E-state index < -0.39 is 5.97 Å². The lowest BCUT2D eigenvalue weighted by molar-refractivity contribution is 0.00317. The highest BCUT2D eigenvalue weighted by molar-refractivity contribution is 5.99. The Labute approximate surface area is 122 Å². The van der Waals surface area contributed by atoms with Gasteiger partial charge < -0.3 is 24.0 Å². The number of carboxylic acids is 1. The summed E-state index contributed by atoms with van der Waals surface area (Å²) in [6, 6.07) is 1.45. The van der Waals surface area contributed by atoms with Crippen molar-refractivity contribution in [1.82, 2.24) is 9.47 Å². The van der Waals surface area contributed by atoms with E-state index in [0.717, 1.165) is 0 Å². The Morgan fingerprint density at radius 2 is 2.05 bits per heavy atom. The highest BCUT2D eigenvalue weighted by Gasteiger charge is 2.31. The zero-order valence-corrected chi connectivity index (χ0v) is 11.9. The van der Waals surface area contributed by atoms with Gasteiger partial charge in [-0.1, -0.05) is 0 Å². The molecule has 114 valence electrons. The molecule has 3 heterocycles. The number of fused-ring (bicyclic) bond motifs is 1.